The van der Waals surface area contributed by atoms with Crippen molar-refractivity contribution >= 4 is 39.8 Å². The molecule has 122 valence electrons. The van der Waals surface area contributed by atoms with Gasteiger partial charge in [-0.3, -0.25) is 9.78 Å². The van der Waals surface area contributed by atoms with Gasteiger partial charge in [0, 0.05) is 28.5 Å². The first-order valence-electron chi connectivity index (χ1n) is 7.45. The minimum atomic E-state index is -0.509. The number of nitrogens with one attached hydrogen (secondary N) is 2. The van der Waals surface area contributed by atoms with Crippen LogP contribution in [-0.2, 0) is 4.79 Å². The van der Waals surface area contributed by atoms with E-state index >= 15 is 0 Å². The van der Waals surface area contributed by atoms with Crippen LogP contribution in [0, 0.1) is 11.3 Å². The van der Waals surface area contributed by atoms with E-state index in [1.165, 1.54) is 6.20 Å². The summed E-state index contributed by atoms with van der Waals surface area (Å²) in [6, 6.07) is 18.0. The fourth-order valence-corrected chi connectivity index (χ4v) is 2.38. The smallest absolute Gasteiger partial charge is 0.267 e. The molecule has 1 aromatic heterocycles. The number of aromatic nitrogens is 1. The standard InChI is InChI=1S/C19H13ClN4O/c20-15-6-8-16(9-7-15)24-19(25)14(11-21)12-23-17-5-1-3-13-4-2-10-22-18(13)17/h1-10,12,23H,(H,24,25)/b14-12-. The number of hydrogen-bond acceptors (Lipinski definition) is 4. The lowest BCUT2D eigenvalue weighted by atomic mass is 10.2. The minimum Gasteiger partial charge on any atom is -0.358 e. The van der Waals surface area contributed by atoms with Crippen LogP contribution in [0.4, 0.5) is 11.4 Å². The highest BCUT2D eigenvalue weighted by Crippen LogP contribution is 2.21. The van der Waals surface area contributed by atoms with Gasteiger partial charge < -0.3 is 10.6 Å². The van der Waals surface area contributed by atoms with Crippen LogP contribution in [0.3, 0.4) is 0 Å². The number of nitriles is 1. The molecule has 0 radical (unpaired) electrons. The number of amides is 1. The lowest BCUT2D eigenvalue weighted by molar-refractivity contribution is -0.112. The van der Waals surface area contributed by atoms with Crippen molar-refractivity contribution in [2.45, 2.75) is 0 Å². The molecule has 0 saturated carbocycles. The average Bonchev–Trinajstić information content (AvgIpc) is 2.64. The van der Waals surface area contributed by atoms with Crippen molar-refractivity contribution in [3.05, 3.63) is 77.6 Å². The molecule has 3 rings (SSSR count). The van der Waals surface area contributed by atoms with Gasteiger partial charge in [-0.15, -0.1) is 0 Å². The van der Waals surface area contributed by atoms with E-state index in [0.717, 1.165) is 10.9 Å². The molecule has 2 N–H and O–H groups in total. The number of carbonyl (C=O) groups is 1. The van der Waals surface area contributed by atoms with Gasteiger partial charge in [-0.05, 0) is 36.4 Å². The van der Waals surface area contributed by atoms with Crippen molar-refractivity contribution in [1.82, 2.24) is 4.98 Å². The summed E-state index contributed by atoms with van der Waals surface area (Å²) in [6.07, 6.45) is 3.06. The van der Waals surface area contributed by atoms with Crippen molar-refractivity contribution in [3.8, 4) is 6.07 Å². The number of benzene rings is 2. The molecule has 0 fully saturated rings. The first kappa shape index (κ1) is 16.5. The summed E-state index contributed by atoms with van der Waals surface area (Å²) in [7, 11) is 0. The van der Waals surface area contributed by atoms with E-state index in [4.69, 9.17) is 11.6 Å². The molecule has 0 atom stereocenters. The molecule has 0 aliphatic heterocycles. The van der Waals surface area contributed by atoms with Gasteiger partial charge in [0.05, 0.1) is 11.2 Å². The predicted octanol–water partition coefficient (Wildman–Crippen LogP) is 4.35. The average molecular weight is 349 g/mol. The van der Waals surface area contributed by atoms with Crippen LogP contribution in [0.5, 0.6) is 0 Å². The zero-order valence-electron chi connectivity index (χ0n) is 13.0. The van der Waals surface area contributed by atoms with Crippen molar-refractivity contribution in [3.63, 3.8) is 0 Å². The first-order chi connectivity index (χ1) is 12.2. The zero-order chi connectivity index (χ0) is 17.6. The second kappa shape index (κ2) is 7.47. The number of carbonyl (C=O) groups excluding carboxylic acids is 1. The van der Waals surface area contributed by atoms with E-state index in [-0.39, 0.29) is 5.57 Å². The van der Waals surface area contributed by atoms with Gasteiger partial charge in [-0.1, -0.05) is 29.8 Å². The Balaban J connectivity index is 1.79. The van der Waals surface area contributed by atoms with Crippen molar-refractivity contribution in [2.24, 2.45) is 0 Å². The monoisotopic (exact) mass is 348 g/mol. The van der Waals surface area contributed by atoms with Crippen molar-refractivity contribution in [2.75, 3.05) is 10.6 Å². The van der Waals surface area contributed by atoms with Crippen LogP contribution >= 0.6 is 11.6 Å². The highest BCUT2D eigenvalue weighted by Gasteiger charge is 2.10. The Morgan fingerprint density at radius 1 is 1.12 bits per heavy atom. The lowest BCUT2D eigenvalue weighted by Crippen LogP contribution is -2.14. The number of nitrogens with zero attached hydrogens (tertiary/aromatic N) is 2. The Morgan fingerprint density at radius 3 is 2.64 bits per heavy atom. The van der Waals surface area contributed by atoms with E-state index < -0.39 is 5.91 Å². The van der Waals surface area contributed by atoms with E-state index in [2.05, 4.69) is 15.6 Å². The van der Waals surface area contributed by atoms with Crippen molar-refractivity contribution in [1.29, 1.82) is 5.26 Å². The van der Waals surface area contributed by atoms with E-state index in [1.807, 2.05) is 36.4 Å². The Morgan fingerprint density at radius 2 is 1.88 bits per heavy atom. The Hall–Kier alpha value is -3.36. The molecule has 3 aromatic rings. The molecule has 0 bridgehead atoms. The maximum absolute atomic E-state index is 12.2. The molecule has 2 aromatic carbocycles. The second-order valence-electron chi connectivity index (χ2n) is 5.16. The highest BCUT2D eigenvalue weighted by atomic mass is 35.5. The summed E-state index contributed by atoms with van der Waals surface area (Å²) in [5.41, 5.74) is 1.98. The fourth-order valence-electron chi connectivity index (χ4n) is 2.25. The number of para-hydroxylation sites is 1. The third-order valence-corrected chi connectivity index (χ3v) is 3.72. The van der Waals surface area contributed by atoms with Gasteiger partial charge in [-0.2, -0.15) is 5.26 Å². The molecular formula is C19H13ClN4O. The molecule has 0 unspecified atom stereocenters. The molecule has 0 aliphatic carbocycles. The molecule has 1 amide bonds. The highest BCUT2D eigenvalue weighted by molar-refractivity contribution is 6.30. The zero-order valence-corrected chi connectivity index (χ0v) is 13.8. The second-order valence-corrected chi connectivity index (χ2v) is 5.59. The summed E-state index contributed by atoms with van der Waals surface area (Å²) in [4.78, 5) is 16.5. The maximum Gasteiger partial charge on any atom is 0.267 e. The molecule has 0 aliphatic rings. The summed E-state index contributed by atoms with van der Waals surface area (Å²) in [5.74, 6) is -0.509. The molecule has 6 heteroatoms. The number of anilines is 2. The van der Waals surface area contributed by atoms with E-state index in [1.54, 1.807) is 30.5 Å². The van der Waals surface area contributed by atoms with Crippen LogP contribution in [0.25, 0.3) is 10.9 Å². The molecule has 5 nitrogen and oxygen atoms in total. The summed E-state index contributed by atoms with van der Waals surface area (Å²) < 4.78 is 0. The molecule has 0 saturated heterocycles. The van der Waals surface area contributed by atoms with E-state index in [9.17, 15) is 10.1 Å². The number of hydrogen-bond donors (Lipinski definition) is 2. The van der Waals surface area contributed by atoms with Gasteiger partial charge >= 0.3 is 0 Å². The number of halogens is 1. The summed E-state index contributed by atoms with van der Waals surface area (Å²) in [5, 5.41) is 16.4. The SMILES string of the molecule is N#C/C(=C/Nc1cccc2cccnc12)C(=O)Nc1ccc(Cl)cc1. The van der Waals surface area contributed by atoms with Gasteiger partial charge in [0.25, 0.3) is 5.91 Å². The number of fused-ring (bicyclic) bond motifs is 1. The van der Waals surface area contributed by atoms with Gasteiger partial charge in [0.15, 0.2) is 0 Å². The molecule has 25 heavy (non-hydrogen) atoms. The Bertz CT molecular complexity index is 985. The van der Waals surface area contributed by atoms with E-state index in [0.29, 0.717) is 16.4 Å². The molecular weight excluding hydrogens is 336 g/mol. The normalized spacial score (nSPS) is 11.0. The van der Waals surface area contributed by atoms with Crippen LogP contribution in [-0.4, -0.2) is 10.9 Å². The van der Waals surface area contributed by atoms with Crippen LogP contribution in [0.15, 0.2) is 72.6 Å². The molecule has 0 spiro atoms. The lowest BCUT2D eigenvalue weighted by Gasteiger charge is -2.07. The quantitative estimate of drug-likeness (QED) is 0.543. The van der Waals surface area contributed by atoms with Gasteiger partial charge in [0.2, 0.25) is 0 Å². The van der Waals surface area contributed by atoms with Crippen LogP contribution < -0.4 is 10.6 Å². The predicted molar refractivity (Wildman–Crippen MR) is 99.1 cm³/mol. The minimum absolute atomic E-state index is 0.0529. The van der Waals surface area contributed by atoms with Crippen LogP contribution in [0.2, 0.25) is 5.02 Å². The fraction of sp³-hybridized carbons (Fsp3) is 0. The Kier molecular flexibility index (Phi) is 4.93. The first-order valence-corrected chi connectivity index (χ1v) is 7.82. The van der Waals surface area contributed by atoms with Gasteiger partial charge in [0.1, 0.15) is 11.6 Å². The molecule has 1 heterocycles. The largest absolute Gasteiger partial charge is 0.358 e. The topological polar surface area (TPSA) is 77.8 Å². The van der Waals surface area contributed by atoms with Crippen LogP contribution in [0.1, 0.15) is 0 Å². The third kappa shape index (κ3) is 3.94. The van der Waals surface area contributed by atoms with Crippen molar-refractivity contribution < 1.29 is 4.79 Å². The Labute approximate surface area is 149 Å². The third-order valence-electron chi connectivity index (χ3n) is 3.47. The summed E-state index contributed by atoms with van der Waals surface area (Å²) in [6.45, 7) is 0. The van der Waals surface area contributed by atoms with Gasteiger partial charge in [-0.25, -0.2) is 0 Å². The maximum atomic E-state index is 12.2. The number of rotatable bonds is 4. The summed E-state index contributed by atoms with van der Waals surface area (Å²) >= 11 is 5.81. The number of pyridine rings is 1.